The van der Waals surface area contributed by atoms with Gasteiger partial charge in [-0.15, -0.1) is 0 Å². The van der Waals surface area contributed by atoms with E-state index >= 15 is 0 Å². The number of rotatable bonds is 4. The summed E-state index contributed by atoms with van der Waals surface area (Å²) in [6.07, 6.45) is 3.37. The van der Waals surface area contributed by atoms with Crippen LogP contribution in [0.15, 0.2) is 54.9 Å². The predicted octanol–water partition coefficient (Wildman–Crippen LogP) is 3.63. The van der Waals surface area contributed by atoms with E-state index in [1.54, 1.807) is 12.3 Å². The summed E-state index contributed by atoms with van der Waals surface area (Å²) in [5, 5.41) is 4.11. The lowest BCUT2D eigenvalue weighted by Gasteiger charge is -2.39. The summed E-state index contributed by atoms with van der Waals surface area (Å²) in [5.41, 5.74) is 4.93. The maximum atomic E-state index is 12.8. The monoisotopic (exact) mass is 417 g/mol. The van der Waals surface area contributed by atoms with Gasteiger partial charge in [-0.3, -0.25) is 14.7 Å². The van der Waals surface area contributed by atoms with Gasteiger partial charge in [0.05, 0.1) is 5.69 Å². The fraction of sp³-hybridized carbons (Fsp3) is 0.333. The fourth-order valence-corrected chi connectivity index (χ4v) is 4.02. The second-order valence-corrected chi connectivity index (χ2v) is 8.12. The molecule has 1 aromatic carbocycles. The summed E-state index contributed by atoms with van der Waals surface area (Å²) in [4.78, 5) is 32.9. The van der Waals surface area contributed by atoms with Gasteiger partial charge in [0.15, 0.2) is 5.78 Å². The highest BCUT2D eigenvalue weighted by atomic mass is 16.2. The van der Waals surface area contributed by atoms with Crippen molar-refractivity contribution in [3.63, 3.8) is 0 Å². The molecule has 0 spiro atoms. The minimum atomic E-state index is -0.185. The van der Waals surface area contributed by atoms with E-state index in [1.807, 2.05) is 29.3 Å². The molecule has 7 nitrogen and oxygen atoms in total. The van der Waals surface area contributed by atoms with Crippen molar-refractivity contribution in [2.24, 2.45) is 0 Å². The molecular formula is C24H27N5O2. The number of piperazine rings is 1. The number of nitrogens with zero attached hydrogens (tertiary/aromatic N) is 5. The maximum absolute atomic E-state index is 12.8. The largest absolute Gasteiger partial charge is 0.344 e. The summed E-state index contributed by atoms with van der Waals surface area (Å²) in [5.74, 6) is -0.145. The maximum Gasteiger partial charge on any atom is 0.344 e. The number of ketones is 1. The first-order chi connectivity index (χ1) is 14.9. The van der Waals surface area contributed by atoms with Crippen LogP contribution >= 0.6 is 0 Å². The van der Waals surface area contributed by atoms with E-state index in [1.165, 1.54) is 22.7 Å². The lowest BCUT2D eigenvalue weighted by Crippen LogP contribution is -2.54. The Labute approximate surface area is 182 Å². The quantitative estimate of drug-likeness (QED) is 0.606. The van der Waals surface area contributed by atoms with Gasteiger partial charge in [-0.2, -0.15) is 9.78 Å². The summed E-state index contributed by atoms with van der Waals surface area (Å²) in [6, 6.07) is 13.9. The number of carbonyl (C=O) groups is 2. The van der Waals surface area contributed by atoms with Crippen LogP contribution in [0.3, 0.4) is 0 Å². The summed E-state index contributed by atoms with van der Waals surface area (Å²) < 4.78 is 1.27. The summed E-state index contributed by atoms with van der Waals surface area (Å²) >= 11 is 0. The van der Waals surface area contributed by atoms with Gasteiger partial charge in [0.1, 0.15) is 5.69 Å². The van der Waals surface area contributed by atoms with Crippen molar-refractivity contribution in [3.05, 3.63) is 71.7 Å². The van der Waals surface area contributed by atoms with Crippen molar-refractivity contribution in [2.75, 3.05) is 19.6 Å². The summed E-state index contributed by atoms with van der Waals surface area (Å²) in [7, 11) is 0. The number of aromatic nitrogens is 3. The van der Waals surface area contributed by atoms with Crippen LogP contribution in [0.25, 0.3) is 11.3 Å². The minimum absolute atomic E-state index is 0.0549. The molecule has 31 heavy (non-hydrogen) atoms. The van der Waals surface area contributed by atoms with E-state index in [4.69, 9.17) is 0 Å². The van der Waals surface area contributed by atoms with Crippen molar-refractivity contribution in [1.29, 1.82) is 0 Å². The van der Waals surface area contributed by atoms with Gasteiger partial charge in [-0.05, 0) is 49.2 Å². The van der Waals surface area contributed by atoms with Crippen molar-refractivity contribution in [2.45, 2.75) is 33.4 Å². The molecule has 0 aliphatic carbocycles. The Kier molecular flexibility index (Phi) is 5.95. The van der Waals surface area contributed by atoms with Gasteiger partial charge in [-0.25, -0.2) is 4.79 Å². The molecule has 0 radical (unpaired) electrons. The van der Waals surface area contributed by atoms with Gasteiger partial charge in [0.25, 0.3) is 0 Å². The van der Waals surface area contributed by atoms with Crippen LogP contribution < -0.4 is 0 Å². The lowest BCUT2D eigenvalue weighted by molar-refractivity contribution is 0.0964. The second kappa shape index (κ2) is 8.81. The number of aryl methyl sites for hydroxylation is 1. The molecule has 4 rings (SSSR count). The van der Waals surface area contributed by atoms with Crippen LogP contribution in [-0.4, -0.2) is 62.1 Å². The standard InChI is InChI=1S/C24H27N5O2/c1-17-14-20(23-6-4-5-10-25-23)7-8-21(17)16-27-12-13-28(18(2)15-27)24(31)29-11-9-22(26-29)19(3)30/h4-11,14,18H,12-13,15-16H2,1-3H3/t18-/m0/s1. The van der Waals surface area contributed by atoms with Crippen LogP contribution in [0, 0.1) is 6.92 Å². The molecule has 1 amide bonds. The Bertz CT molecular complexity index is 1090. The molecule has 1 fully saturated rings. The molecule has 160 valence electrons. The Morgan fingerprint density at radius 3 is 2.61 bits per heavy atom. The molecule has 1 atom stereocenters. The van der Waals surface area contributed by atoms with Crippen molar-refractivity contribution < 1.29 is 9.59 Å². The highest BCUT2D eigenvalue weighted by molar-refractivity contribution is 5.92. The highest BCUT2D eigenvalue weighted by Crippen LogP contribution is 2.22. The van der Waals surface area contributed by atoms with E-state index in [9.17, 15) is 9.59 Å². The molecule has 0 unspecified atom stereocenters. The molecule has 1 aliphatic rings. The number of carbonyl (C=O) groups excluding carboxylic acids is 2. The average molecular weight is 418 g/mol. The van der Waals surface area contributed by atoms with E-state index in [-0.39, 0.29) is 17.9 Å². The zero-order chi connectivity index (χ0) is 22.0. The molecule has 7 heteroatoms. The predicted molar refractivity (Wildman–Crippen MR) is 119 cm³/mol. The number of hydrogen-bond acceptors (Lipinski definition) is 5. The zero-order valence-electron chi connectivity index (χ0n) is 18.2. The molecule has 2 aromatic heterocycles. The van der Waals surface area contributed by atoms with E-state index in [0.29, 0.717) is 12.2 Å². The Morgan fingerprint density at radius 2 is 1.97 bits per heavy atom. The molecular weight excluding hydrogens is 390 g/mol. The Morgan fingerprint density at radius 1 is 1.13 bits per heavy atom. The third-order valence-corrected chi connectivity index (χ3v) is 5.80. The van der Waals surface area contributed by atoms with E-state index < -0.39 is 0 Å². The molecule has 1 aliphatic heterocycles. The number of Topliss-reactive ketones (excluding diaryl/α,β-unsaturated/α-hetero) is 1. The smallest absolute Gasteiger partial charge is 0.318 e. The van der Waals surface area contributed by atoms with Crippen LogP contribution in [-0.2, 0) is 6.54 Å². The molecule has 0 saturated carbocycles. The zero-order valence-corrected chi connectivity index (χ0v) is 18.2. The van der Waals surface area contributed by atoms with Gasteiger partial charge in [0.2, 0.25) is 0 Å². The van der Waals surface area contributed by atoms with Crippen molar-refractivity contribution >= 4 is 11.8 Å². The molecule has 0 bridgehead atoms. The fourth-order valence-electron chi connectivity index (χ4n) is 4.02. The van der Waals surface area contributed by atoms with Crippen molar-refractivity contribution in [3.8, 4) is 11.3 Å². The molecule has 3 aromatic rings. The third kappa shape index (κ3) is 4.56. The number of pyridine rings is 1. The second-order valence-electron chi connectivity index (χ2n) is 8.12. The summed E-state index contributed by atoms with van der Waals surface area (Å²) in [6.45, 7) is 8.68. The normalized spacial score (nSPS) is 17.0. The van der Waals surface area contributed by atoms with Crippen LogP contribution in [0.5, 0.6) is 0 Å². The van der Waals surface area contributed by atoms with Gasteiger partial charge in [0, 0.05) is 57.1 Å². The molecule has 1 saturated heterocycles. The molecule has 0 N–H and O–H groups in total. The lowest BCUT2D eigenvalue weighted by atomic mass is 10.0. The third-order valence-electron chi connectivity index (χ3n) is 5.80. The van der Waals surface area contributed by atoms with Crippen LogP contribution in [0.1, 0.15) is 35.5 Å². The van der Waals surface area contributed by atoms with Gasteiger partial charge in [-0.1, -0.05) is 18.2 Å². The van der Waals surface area contributed by atoms with Crippen LogP contribution in [0.2, 0.25) is 0 Å². The number of amides is 1. The van der Waals surface area contributed by atoms with Gasteiger partial charge < -0.3 is 4.90 Å². The molecule has 3 heterocycles. The first-order valence-electron chi connectivity index (χ1n) is 10.5. The first kappa shape index (κ1) is 20.9. The van der Waals surface area contributed by atoms with Gasteiger partial charge >= 0.3 is 6.03 Å². The number of benzene rings is 1. The Balaban J connectivity index is 1.40. The minimum Gasteiger partial charge on any atom is -0.318 e. The van der Waals surface area contributed by atoms with E-state index in [0.717, 1.165) is 30.9 Å². The average Bonchev–Trinajstić information content (AvgIpc) is 3.26. The Hall–Kier alpha value is -3.32. The topological polar surface area (TPSA) is 71.3 Å². The highest BCUT2D eigenvalue weighted by Gasteiger charge is 2.29. The van der Waals surface area contributed by atoms with E-state index in [2.05, 4.69) is 47.0 Å². The van der Waals surface area contributed by atoms with Crippen molar-refractivity contribution in [1.82, 2.24) is 24.6 Å². The van der Waals surface area contributed by atoms with Crippen LogP contribution in [0.4, 0.5) is 4.79 Å². The first-order valence-corrected chi connectivity index (χ1v) is 10.5. The SMILES string of the molecule is CC(=O)c1ccn(C(=O)N2CCN(Cc3ccc(-c4ccccn4)cc3C)C[C@@H]2C)n1. The number of hydrogen-bond donors (Lipinski definition) is 0.